The van der Waals surface area contributed by atoms with Gasteiger partial charge in [0.25, 0.3) is 0 Å². The molecule has 2 aromatic carbocycles. The Labute approximate surface area is 182 Å². The first-order valence-electron chi connectivity index (χ1n) is 8.92. The molecule has 0 aliphatic heterocycles. The van der Waals surface area contributed by atoms with Gasteiger partial charge in [-0.25, -0.2) is 22.0 Å². The van der Waals surface area contributed by atoms with E-state index < -0.39 is 27.4 Å². The van der Waals surface area contributed by atoms with E-state index in [1.165, 1.54) is 24.3 Å². The van der Waals surface area contributed by atoms with Gasteiger partial charge >= 0.3 is 5.97 Å². The van der Waals surface area contributed by atoms with Gasteiger partial charge in [0.2, 0.25) is 0 Å². The summed E-state index contributed by atoms with van der Waals surface area (Å²) in [7, 11) is -3.85. The molecule has 0 spiro atoms. The monoisotopic (exact) mass is 467 g/mol. The Balaban J connectivity index is 1.77. The second-order valence-electron chi connectivity index (χ2n) is 6.56. The molecule has 0 radical (unpaired) electrons. The smallest absolute Gasteiger partial charge is 0.337 e. The number of aromatic nitrogens is 1. The molecule has 10 heteroatoms. The number of carboxylic acids is 1. The van der Waals surface area contributed by atoms with Gasteiger partial charge in [-0.15, -0.1) is 0 Å². The Morgan fingerprint density at radius 3 is 2.55 bits per heavy atom. The quantitative estimate of drug-likeness (QED) is 0.530. The second kappa shape index (κ2) is 9.40. The molecule has 31 heavy (non-hydrogen) atoms. The van der Waals surface area contributed by atoms with Crippen LogP contribution < -0.4 is 4.74 Å². The largest absolute Gasteiger partial charge is 0.489 e. The fourth-order valence-electron chi connectivity index (χ4n) is 2.75. The summed E-state index contributed by atoms with van der Waals surface area (Å²) < 4.78 is 57.8. The minimum Gasteiger partial charge on any atom is -0.489 e. The van der Waals surface area contributed by atoms with Crippen molar-refractivity contribution in [2.75, 3.05) is 5.75 Å². The predicted molar refractivity (Wildman–Crippen MR) is 109 cm³/mol. The highest BCUT2D eigenvalue weighted by Gasteiger charge is 2.19. The van der Waals surface area contributed by atoms with Crippen molar-refractivity contribution < 1.29 is 31.8 Å². The van der Waals surface area contributed by atoms with Crippen LogP contribution in [0.1, 0.15) is 21.5 Å². The number of hydrogen-bond acceptors (Lipinski definition) is 5. The molecule has 0 saturated heterocycles. The van der Waals surface area contributed by atoms with Crippen molar-refractivity contribution in [1.82, 2.24) is 4.98 Å². The molecule has 1 heterocycles. The molecular formula is C21H16ClF2NO5S. The molecule has 0 saturated carbocycles. The number of benzene rings is 2. The summed E-state index contributed by atoms with van der Waals surface area (Å²) in [6, 6.07) is 8.74. The molecule has 0 aliphatic carbocycles. The minimum absolute atomic E-state index is 0.00141. The van der Waals surface area contributed by atoms with E-state index >= 15 is 0 Å². The van der Waals surface area contributed by atoms with E-state index in [9.17, 15) is 22.0 Å². The molecule has 0 fully saturated rings. The van der Waals surface area contributed by atoms with Crippen LogP contribution in [0, 0.1) is 11.6 Å². The number of hydrogen-bond donors (Lipinski definition) is 1. The zero-order chi connectivity index (χ0) is 22.6. The summed E-state index contributed by atoms with van der Waals surface area (Å²) in [6.07, 6.45) is 2.13. The summed E-state index contributed by atoms with van der Waals surface area (Å²) in [5.41, 5.74) is 0.349. The van der Waals surface area contributed by atoms with Gasteiger partial charge in [0.05, 0.1) is 16.2 Å². The van der Waals surface area contributed by atoms with Gasteiger partial charge in [0.1, 0.15) is 24.0 Å². The number of aromatic carboxylic acids is 1. The van der Waals surface area contributed by atoms with E-state index in [0.717, 1.165) is 30.6 Å². The van der Waals surface area contributed by atoms with E-state index in [0.29, 0.717) is 16.3 Å². The van der Waals surface area contributed by atoms with E-state index in [-0.39, 0.29) is 34.8 Å². The van der Waals surface area contributed by atoms with Gasteiger partial charge in [-0.05, 0) is 48.4 Å². The number of sulfone groups is 1. The zero-order valence-electron chi connectivity index (χ0n) is 15.9. The average molecular weight is 468 g/mol. The lowest BCUT2D eigenvalue weighted by atomic mass is 10.1. The number of carbonyl (C=O) groups is 1. The topological polar surface area (TPSA) is 93.6 Å². The Morgan fingerprint density at radius 1 is 1.06 bits per heavy atom. The fraction of sp³-hybridized carbons (Fsp3) is 0.143. The predicted octanol–water partition coefficient (Wildman–Crippen LogP) is 4.31. The highest BCUT2D eigenvalue weighted by atomic mass is 35.5. The molecule has 0 unspecified atom stereocenters. The SMILES string of the molecule is O=C(O)c1cncc(S(=O)(=O)CCc2cc(Cl)ccc2OCc2ccc(F)cc2F)c1. The number of ether oxygens (including phenoxy) is 1. The van der Waals surface area contributed by atoms with Crippen LogP contribution in [0.25, 0.3) is 0 Å². The van der Waals surface area contributed by atoms with E-state index in [4.69, 9.17) is 21.4 Å². The van der Waals surface area contributed by atoms with E-state index in [2.05, 4.69) is 4.98 Å². The molecule has 0 aliphatic rings. The van der Waals surface area contributed by atoms with Gasteiger partial charge in [0, 0.05) is 29.0 Å². The maximum Gasteiger partial charge on any atom is 0.337 e. The third-order valence-corrected chi connectivity index (χ3v) is 6.30. The zero-order valence-corrected chi connectivity index (χ0v) is 17.5. The molecule has 3 aromatic rings. The van der Waals surface area contributed by atoms with Crippen molar-refractivity contribution in [3.05, 3.63) is 88.2 Å². The molecule has 1 aromatic heterocycles. The maximum atomic E-state index is 13.8. The first kappa shape index (κ1) is 22.6. The van der Waals surface area contributed by atoms with Crippen LogP contribution in [0.15, 0.2) is 59.8 Å². The number of pyridine rings is 1. The van der Waals surface area contributed by atoms with Gasteiger partial charge < -0.3 is 9.84 Å². The summed E-state index contributed by atoms with van der Waals surface area (Å²) in [5.74, 6) is -2.83. The summed E-state index contributed by atoms with van der Waals surface area (Å²) in [5, 5.41) is 9.37. The molecule has 6 nitrogen and oxygen atoms in total. The molecule has 0 amide bonds. The summed E-state index contributed by atoms with van der Waals surface area (Å²) in [6.45, 7) is -0.196. The number of halogens is 3. The Kier molecular flexibility index (Phi) is 6.87. The summed E-state index contributed by atoms with van der Waals surface area (Å²) >= 11 is 6.02. The number of nitrogens with zero attached hydrogens (tertiary/aromatic N) is 1. The normalized spacial score (nSPS) is 11.3. The maximum absolute atomic E-state index is 13.8. The van der Waals surface area contributed by atoms with Crippen LogP contribution in [0.4, 0.5) is 8.78 Å². The molecule has 0 bridgehead atoms. The van der Waals surface area contributed by atoms with Gasteiger partial charge in [-0.2, -0.15) is 0 Å². The second-order valence-corrected chi connectivity index (χ2v) is 9.11. The Morgan fingerprint density at radius 2 is 1.84 bits per heavy atom. The van der Waals surface area contributed by atoms with Crippen LogP contribution in [-0.2, 0) is 22.9 Å². The summed E-state index contributed by atoms with van der Waals surface area (Å²) in [4.78, 5) is 14.5. The van der Waals surface area contributed by atoms with Crippen LogP contribution in [0.2, 0.25) is 5.02 Å². The first-order chi connectivity index (χ1) is 14.7. The van der Waals surface area contributed by atoms with Gasteiger partial charge in [0.15, 0.2) is 9.84 Å². The standard InChI is InChI=1S/C21H16ClF2NO5S/c22-16-2-4-20(30-12-14-1-3-17(23)9-19(14)24)13(7-16)5-6-31(28,29)18-8-15(21(26)27)10-25-11-18/h1-4,7-11H,5-6,12H2,(H,26,27). The molecule has 162 valence electrons. The van der Waals surface area contributed by atoms with Gasteiger partial charge in [-0.1, -0.05) is 11.6 Å². The number of aryl methyl sites for hydroxylation is 1. The van der Waals surface area contributed by atoms with Crippen molar-refractivity contribution in [2.45, 2.75) is 17.9 Å². The van der Waals surface area contributed by atoms with Crippen molar-refractivity contribution in [2.24, 2.45) is 0 Å². The molecular weight excluding hydrogens is 452 g/mol. The first-order valence-corrected chi connectivity index (χ1v) is 10.9. The number of carboxylic acid groups (broad SMARTS) is 1. The van der Waals surface area contributed by atoms with Crippen LogP contribution in [0.3, 0.4) is 0 Å². The highest BCUT2D eigenvalue weighted by Crippen LogP contribution is 2.26. The Hall–Kier alpha value is -3.04. The average Bonchev–Trinajstić information content (AvgIpc) is 2.72. The molecule has 1 N–H and O–H groups in total. The molecule has 3 rings (SSSR count). The minimum atomic E-state index is -3.85. The lowest BCUT2D eigenvalue weighted by Crippen LogP contribution is -2.12. The fourth-order valence-corrected chi connectivity index (χ4v) is 4.19. The third-order valence-electron chi connectivity index (χ3n) is 4.38. The van der Waals surface area contributed by atoms with Crippen LogP contribution in [-0.4, -0.2) is 30.2 Å². The van der Waals surface area contributed by atoms with Crippen molar-refractivity contribution >= 4 is 27.4 Å². The number of rotatable bonds is 8. The van der Waals surface area contributed by atoms with Crippen LogP contribution >= 0.6 is 11.6 Å². The van der Waals surface area contributed by atoms with E-state index in [1.54, 1.807) is 0 Å². The lowest BCUT2D eigenvalue weighted by Gasteiger charge is -2.13. The Bertz CT molecular complexity index is 1230. The molecule has 0 atom stereocenters. The van der Waals surface area contributed by atoms with Crippen LogP contribution in [0.5, 0.6) is 5.75 Å². The van der Waals surface area contributed by atoms with Gasteiger partial charge in [-0.3, -0.25) is 4.98 Å². The van der Waals surface area contributed by atoms with Crippen molar-refractivity contribution in [1.29, 1.82) is 0 Å². The van der Waals surface area contributed by atoms with E-state index in [1.807, 2.05) is 0 Å². The highest BCUT2D eigenvalue weighted by molar-refractivity contribution is 7.91. The van der Waals surface area contributed by atoms with Crippen molar-refractivity contribution in [3.8, 4) is 5.75 Å². The third kappa shape index (κ3) is 5.77. The van der Waals surface area contributed by atoms with Crippen molar-refractivity contribution in [3.63, 3.8) is 0 Å². The lowest BCUT2D eigenvalue weighted by molar-refractivity contribution is 0.0696.